The van der Waals surface area contributed by atoms with E-state index in [1.54, 1.807) is 48.5 Å². The number of fused-ring (bicyclic) bond motifs is 1. The highest BCUT2D eigenvalue weighted by Gasteiger charge is 2.48. The van der Waals surface area contributed by atoms with Crippen LogP contribution in [0.5, 0.6) is 0 Å². The van der Waals surface area contributed by atoms with Gasteiger partial charge in [0.25, 0.3) is 5.91 Å². The minimum Gasteiger partial charge on any atom is -0.326 e. The fourth-order valence-corrected chi connectivity index (χ4v) is 5.74. The molecule has 2 atom stereocenters. The molecule has 0 spiro atoms. The van der Waals surface area contributed by atoms with Gasteiger partial charge in [0.1, 0.15) is 0 Å². The molecule has 4 rings (SSSR count). The molecule has 2 aromatic rings. The third-order valence-corrected chi connectivity index (χ3v) is 8.12. The molecule has 1 fully saturated rings. The lowest BCUT2D eigenvalue weighted by Crippen LogP contribution is -2.31. The Morgan fingerprint density at radius 2 is 1.41 bits per heavy atom. The number of benzene rings is 2. The van der Waals surface area contributed by atoms with E-state index in [1.807, 2.05) is 13.0 Å². The average Bonchev–Trinajstić information content (AvgIpc) is 3.21. The number of nitrogens with zero attached hydrogens (tertiary/aromatic N) is 1. The maximum Gasteiger partial charge on any atom is 0.255 e. The number of hydrogen-bond acceptors (Lipinski definition) is 4. The van der Waals surface area contributed by atoms with Crippen LogP contribution >= 0.6 is 0 Å². The molecule has 2 N–H and O–H groups in total. The molecule has 7 nitrogen and oxygen atoms in total. The maximum atomic E-state index is 13.1. The molecular formula is C34H43N3O4. The molecule has 218 valence electrons. The second-order valence-electron chi connectivity index (χ2n) is 11.4. The fourth-order valence-electron chi connectivity index (χ4n) is 5.74. The van der Waals surface area contributed by atoms with Crippen molar-refractivity contribution >= 4 is 40.7 Å². The highest BCUT2D eigenvalue weighted by molar-refractivity contribution is 6.22. The summed E-state index contributed by atoms with van der Waals surface area (Å²) in [6.45, 7) is 4.22. The van der Waals surface area contributed by atoms with E-state index in [4.69, 9.17) is 0 Å². The van der Waals surface area contributed by atoms with Gasteiger partial charge in [-0.25, -0.2) is 0 Å². The number of imide groups is 1. The van der Waals surface area contributed by atoms with Crippen molar-refractivity contribution in [3.05, 3.63) is 65.7 Å². The molecule has 4 amide bonds. The van der Waals surface area contributed by atoms with Gasteiger partial charge in [-0.05, 0) is 68.7 Å². The highest BCUT2D eigenvalue weighted by Crippen LogP contribution is 2.39. The smallest absolute Gasteiger partial charge is 0.255 e. The summed E-state index contributed by atoms with van der Waals surface area (Å²) in [7, 11) is 0. The second kappa shape index (κ2) is 14.8. The van der Waals surface area contributed by atoms with Crippen molar-refractivity contribution in [2.75, 3.05) is 15.5 Å². The summed E-state index contributed by atoms with van der Waals surface area (Å²) in [5.41, 5.74) is 3.17. The predicted octanol–water partition coefficient (Wildman–Crippen LogP) is 7.64. The Morgan fingerprint density at radius 3 is 2.10 bits per heavy atom. The Kier molecular flexibility index (Phi) is 10.9. The van der Waals surface area contributed by atoms with Gasteiger partial charge in [0.05, 0.1) is 17.5 Å². The molecule has 41 heavy (non-hydrogen) atoms. The normalized spacial score (nSPS) is 18.2. The summed E-state index contributed by atoms with van der Waals surface area (Å²) in [5.74, 6) is -1.39. The van der Waals surface area contributed by atoms with E-state index in [0.29, 0.717) is 41.9 Å². The molecule has 1 saturated heterocycles. The number of rotatable bonds is 14. The number of amides is 4. The van der Waals surface area contributed by atoms with Crippen molar-refractivity contribution in [1.29, 1.82) is 0 Å². The molecule has 0 unspecified atom stereocenters. The number of anilines is 3. The lowest BCUT2D eigenvalue weighted by atomic mass is 9.82. The summed E-state index contributed by atoms with van der Waals surface area (Å²) >= 11 is 0. The van der Waals surface area contributed by atoms with Gasteiger partial charge in [0.2, 0.25) is 17.7 Å². The molecule has 1 heterocycles. The van der Waals surface area contributed by atoms with Gasteiger partial charge in [-0.2, -0.15) is 0 Å². The first-order valence-electron chi connectivity index (χ1n) is 15.2. The van der Waals surface area contributed by atoms with Crippen LogP contribution in [0.15, 0.2) is 60.2 Å². The van der Waals surface area contributed by atoms with Crippen LogP contribution in [0.1, 0.15) is 101 Å². The van der Waals surface area contributed by atoms with E-state index in [9.17, 15) is 19.2 Å². The van der Waals surface area contributed by atoms with Crippen LogP contribution in [0, 0.1) is 11.8 Å². The predicted molar refractivity (Wildman–Crippen MR) is 164 cm³/mol. The molecule has 1 aliphatic heterocycles. The van der Waals surface area contributed by atoms with Crippen molar-refractivity contribution in [3.63, 3.8) is 0 Å². The summed E-state index contributed by atoms with van der Waals surface area (Å²) in [6, 6.07) is 13.6. The quantitative estimate of drug-likeness (QED) is 0.142. The average molecular weight is 558 g/mol. The third kappa shape index (κ3) is 8.15. The number of allylic oxidation sites excluding steroid dienone is 2. The Hall–Kier alpha value is -3.74. The zero-order valence-electron chi connectivity index (χ0n) is 24.4. The van der Waals surface area contributed by atoms with Gasteiger partial charge in [-0.3, -0.25) is 24.1 Å². The zero-order chi connectivity index (χ0) is 29.2. The van der Waals surface area contributed by atoms with Gasteiger partial charge in [0.15, 0.2) is 0 Å². The molecule has 1 aliphatic carbocycles. The van der Waals surface area contributed by atoms with Crippen LogP contribution in [0.25, 0.3) is 0 Å². The van der Waals surface area contributed by atoms with Crippen LogP contribution in [0.3, 0.4) is 0 Å². The first-order valence-corrected chi connectivity index (χ1v) is 15.2. The van der Waals surface area contributed by atoms with Crippen molar-refractivity contribution in [3.8, 4) is 0 Å². The number of nitrogens with one attached hydrogen (secondary N) is 2. The largest absolute Gasteiger partial charge is 0.326 e. The first kappa shape index (κ1) is 30.2. The monoisotopic (exact) mass is 557 g/mol. The van der Waals surface area contributed by atoms with E-state index in [0.717, 1.165) is 18.4 Å². The number of hydrogen-bond donors (Lipinski definition) is 2. The molecule has 7 heteroatoms. The summed E-state index contributed by atoms with van der Waals surface area (Å²) in [6.07, 6.45) is 14.6. The SMILES string of the molecule is CCCCCCCCCCCC(=O)Nc1ccc(NC(=O)c2cccc(N3C(=O)[C@H]4CC(C)=CC[C@H]4C3=O)c2)cc1. The van der Waals surface area contributed by atoms with Gasteiger partial charge < -0.3 is 10.6 Å². The first-order chi connectivity index (χ1) is 19.9. The van der Waals surface area contributed by atoms with Crippen molar-refractivity contribution in [1.82, 2.24) is 0 Å². The summed E-state index contributed by atoms with van der Waals surface area (Å²) < 4.78 is 0. The van der Waals surface area contributed by atoms with E-state index in [2.05, 4.69) is 17.6 Å². The van der Waals surface area contributed by atoms with Crippen molar-refractivity contribution in [2.45, 2.75) is 90.9 Å². The topological polar surface area (TPSA) is 95.6 Å². The van der Waals surface area contributed by atoms with E-state index in [1.165, 1.54) is 49.8 Å². The molecule has 0 saturated carbocycles. The molecule has 2 aliphatic rings. The summed E-state index contributed by atoms with van der Waals surface area (Å²) in [4.78, 5) is 52.6. The number of unbranched alkanes of at least 4 members (excludes halogenated alkanes) is 8. The molecule has 2 aromatic carbocycles. The van der Waals surface area contributed by atoms with Crippen LogP contribution < -0.4 is 15.5 Å². The van der Waals surface area contributed by atoms with Crippen LogP contribution in [0.2, 0.25) is 0 Å². The van der Waals surface area contributed by atoms with Crippen molar-refractivity contribution < 1.29 is 19.2 Å². The van der Waals surface area contributed by atoms with Gasteiger partial charge in [0, 0.05) is 23.4 Å². The number of carbonyl (C=O) groups is 4. The van der Waals surface area contributed by atoms with E-state index in [-0.39, 0.29) is 35.5 Å². The molecule has 0 bridgehead atoms. The summed E-state index contributed by atoms with van der Waals surface area (Å²) in [5, 5.41) is 5.78. The lowest BCUT2D eigenvalue weighted by molar-refractivity contribution is -0.122. The third-order valence-electron chi connectivity index (χ3n) is 8.12. The second-order valence-corrected chi connectivity index (χ2v) is 11.4. The Balaban J connectivity index is 1.23. The minimum absolute atomic E-state index is 0.00154. The lowest BCUT2D eigenvalue weighted by Gasteiger charge is -2.18. The van der Waals surface area contributed by atoms with E-state index >= 15 is 0 Å². The van der Waals surface area contributed by atoms with Crippen LogP contribution in [0.4, 0.5) is 17.1 Å². The standard InChI is InChI=1S/C34H43N3O4/c1-3-4-5-6-7-8-9-10-11-15-31(38)35-26-17-19-27(20-18-26)36-32(39)25-13-12-14-28(23-25)37-33(40)29-21-16-24(2)22-30(29)34(37)41/h12-14,16-20,23,29-30H,3-11,15,21-22H2,1-2H3,(H,35,38)(H,36,39)/t29-,30+/m1/s1. The fraction of sp³-hybridized carbons (Fsp3) is 0.471. The zero-order valence-corrected chi connectivity index (χ0v) is 24.4. The molecule has 0 aromatic heterocycles. The van der Waals surface area contributed by atoms with E-state index < -0.39 is 0 Å². The van der Waals surface area contributed by atoms with Gasteiger partial charge in [-0.15, -0.1) is 0 Å². The Labute approximate surface area is 243 Å². The van der Waals surface area contributed by atoms with Crippen molar-refractivity contribution in [2.24, 2.45) is 11.8 Å². The molecular weight excluding hydrogens is 514 g/mol. The molecule has 0 radical (unpaired) electrons. The Morgan fingerprint density at radius 1 is 0.805 bits per heavy atom. The number of carbonyl (C=O) groups excluding carboxylic acids is 4. The van der Waals surface area contributed by atoms with Gasteiger partial charge in [-0.1, -0.05) is 76.0 Å². The van der Waals surface area contributed by atoms with Crippen LogP contribution in [-0.2, 0) is 14.4 Å². The highest BCUT2D eigenvalue weighted by atomic mass is 16.2. The maximum absolute atomic E-state index is 13.1. The minimum atomic E-state index is -0.344. The van der Waals surface area contributed by atoms with Gasteiger partial charge >= 0.3 is 0 Å². The van der Waals surface area contributed by atoms with Crippen LogP contribution in [-0.4, -0.2) is 23.6 Å². The Bertz CT molecular complexity index is 1270.